The van der Waals surface area contributed by atoms with E-state index in [0.29, 0.717) is 0 Å². The fourth-order valence-corrected chi connectivity index (χ4v) is 2.19. The number of nitriles is 1. The van der Waals surface area contributed by atoms with Crippen LogP contribution in [0.25, 0.3) is 0 Å². The number of hydrogen-bond acceptors (Lipinski definition) is 2. The van der Waals surface area contributed by atoms with Crippen molar-refractivity contribution in [2.24, 2.45) is 0 Å². The van der Waals surface area contributed by atoms with Crippen LogP contribution >= 0.6 is 0 Å². The molecule has 1 N–H and O–H groups in total. The molecule has 0 aromatic rings. The SMILES string of the molecule is CCCCCNC1(C#N)CCCCC1. The molecule has 0 heterocycles. The molecule has 14 heavy (non-hydrogen) atoms. The first kappa shape index (κ1) is 11.5. The Balaban J connectivity index is 2.26. The Kier molecular flexibility index (Phi) is 4.97. The van der Waals surface area contributed by atoms with Crippen molar-refractivity contribution in [2.75, 3.05) is 6.54 Å². The molecule has 1 fully saturated rings. The van der Waals surface area contributed by atoms with E-state index in [1.54, 1.807) is 0 Å². The average Bonchev–Trinajstić information content (AvgIpc) is 2.26. The number of nitrogens with one attached hydrogen (secondary N) is 1. The maximum Gasteiger partial charge on any atom is 0.106 e. The number of nitrogens with zero attached hydrogens (tertiary/aromatic N) is 1. The van der Waals surface area contributed by atoms with Crippen LogP contribution in [-0.4, -0.2) is 12.1 Å². The van der Waals surface area contributed by atoms with Crippen LogP contribution in [0, 0.1) is 11.3 Å². The third-order valence-electron chi connectivity index (χ3n) is 3.16. The van der Waals surface area contributed by atoms with Crippen LogP contribution in [0.15, 0.2) is 0 Å². The first-order valence-corrected chi connectivity index (χ1v) is 5.99. The molecule has 0 aliphatic heterocycles. The van der Waals surface area contributed by atoms with Crippen molar-refractivity contribution in [1.29, 1.82) is 5.26 Å². The highest BCUT2D eigenvalue weighted by Crippen LogP contribution is 2.27. The molecule has 1 saturated carbocycles. The second-order valence-electron chi connectivity index (χ2n) is 4.39. The Hall–Kier alpha value is -0.550. The third kappa shape index (κ3) is 3.31. The van der Waals surface area contributed by atoms with Gasteiger partial charge in [0.15, 0.2) is 0 Å². The van der Waals surface area contributed by atoms with Gasteiger partial charge in [-0.3, -0.25) is 5.32 Å². The van der Waals surface area contributed by atoms with Crippen LogP contribution < -0.4 is 5.32 Å². The minimum atomic E-state index is -0.175. The molecule has 0 aromatic heterocycles. The largest absolute Gasteiger partial charge is 0.299 e. The summed E-state index contributed by atoms with van der Waals surface area (Å²) >= 11 is 0. The summed E-state index contributed by atoms with van der Waals surface area (Å²) in [4.78, 5) is 0. The zero-order chi connectivity index (χ0) is 10.3. The van der Waals surface area contributed by atoms with Gasteiger partial charge in [-0.25, -0.2) is 0 Å². The van der Waals surface area contributed by atoms with E-state index in [1.807, 2.05) is 0 Å². The molecular formula is C12H22N2. The first-order chi connectivity index (χ1) is 6.83. The number of hydrogen-bond donors (Lipinski definition) is 1. The molecule has 2 heteroatoms. The fourth-order valence-electron chi connectivity index (χ4n) is 2.19. The minimum Gasteiger partial charge on any atom is -0.299 e. The zero-order valence-corrected chi connectivity index (χ0v) is 9.31. The number of rotatable bonds is 5. The van der Waals surface area contributed by atoms with Crippen molar-refractivity contribution in [1.82, 2.24) is 5.32 Å². The second-order valence-corrected chi connectivity index (χ2v) is 4.39. The molecule has 1 rings (SSSR count). The molecule has 0 bridgehead atoms. The summed E-state index contributed by atoms with van der Waals surface area (Å²) in [5.74, 6) is 0. The maximum absolute atomic E-state index is 9.19. The quantitative estimate of drug-likeness (QED) is 0.683. The second kappa shape index (κ2) is 6.03. The highest BCUT2D eigenvalue weighted by Gasteiger charge is 2.30. The zero-order valence-electron chi connectivity index (χ0n) is 9.31. The molecule has 0 unspecified atom stereocenters. The van der Waals surface area contributed by atoms with E-state index in [2.05, 4.69) is 18.3 Å². The van der Waals surface area contributed by atoms with Gasteiger partial charge in [-0.2, -0.15) is 5.26 Å². The predicted molar refractivity (Wildman–Crippen MR) is 59.0 cm³/mol. The van der Waals surface area contributed by atoms with Crippen molar-refractivity contribution in [2.45, 2.75) is 63.8 Å². The topological polar surface area (TPSA) is 35.8 Å². The monoisotopic (exact) mass is 194 g/mol. The smallest absolute Gasteiger partial charge is 0.106 e. The molecule has 0 aromatic carbocycles. The third-order valence-corrected chi connectivity index (χ3v) is 3.16. The van der Waals surface area contributed by atoms with E-state index in [0.717, 1.165) is 19.4 Å². The van der Waals surface area contributed by atoms with E-state index in [4.69, 9.17) is 0 Å². The summed E-state index contributed by atoms with van der Waals surface area (Å²) in [6, 6.07) is 2.48. The molecular weight excluding hydrogens is 172 g/mol. The molecule has 80 valence electrons. The molecule has 0 atom stereocenters. The van der Waals surface area contributed by atoms with Gasteiger partial charge in [0.1, 0.15) is 5.54 Å². The Labute approximate surface area is 87.7 Å². The van der Waals surface area contributed by atoms with Crippen molar-refractivity contribution >= 4 is 0 Å². The van der Waals surface area contributed by atoms with E-state index < -0.39 is 0 Å². The normalized spacial score (nSPS) is 20.3. The summed E-state index contributed by atoms with van der Waals surface area (Å²) < 4.78 is 0. The van der Waals surface area contributed by atoms with Crippen LogP contribution in [0.3, 0.4) is 0 Å². The molecule has 1 aliphatic rings. The van der Waals surface area contributed by atoms with Crippen molar-refractivity contribution < 1.29 is 0 Å². The van der Waals surface area contributed by atoms with Gasteiger partial charge in [0.2, 0.25) is 0 Å². The Bertz CT molecular complexity index is 187. The van der Waals surface area contributed by atoms with E-state index in [-0.39, 0.29) is 5.54 Å². The van der Waals surface area contributed by atoms with E-state index >= 15 is 0 Å². The molecule has 0 amide bonds. The maximum atomic E-state index is 9.19. The lowest BCUT2D eigenvalue weighted by atomic mass is 9.83. The standard InChI is InChI=1S/C12H22N2/c1-2-3-7-10-14-12(11-13)8-5-4-6-9-12/h14H,2-10H2,1H3. The lowest BCUT2D eigenvalue weighted by molar-refractivity contribution is 0.296. The highest BCUT2D eigenvalue weighted by atomic mass is 15.0. The molecule has 0 saturated heterocycles. The lowest BCUT2D eigenvalue weighted by Gasteiger charge is -2.31. The van der Waals surface area contributed by atoms with Crippen LogP contribution in [0.1, 0.15) is 58.3 Å². The van der Waals surface area contributed by atoms with Gasteiger partial charge >= 0.3 is 0 Å². The van der Waals surface area contributed by atoms with Crippen LogP contribution in [0.4, 0.5) is 0 Å². The first-order valence-electron chi connectivity index (χ1n) is 5.99. The summed E-state index contributed by atoms with van der Waals surface area (Å²) in [6.45, 7) is 3.22. The van der Waals surface area contributed by atoms with E-state index in [1.165, 1.54) is 38.5 Å². The van der Waals surface area contributed by atoms with Crippen LogP contribution in [0.2, 0.25) is 0 Å². The van der Waals surface area contributed by atoms with Gasteiger partial charge in [0.25, 0.3) is 0 Å². The fraction of sp³-hybridized carbons (Fsp3) is 0.917. The molecule has 0 radical (unpaired) electrons. The number of unbranched alkanes of at least 4 members (excludes halogenated alkanes) is 2. The molecule has 0 spiro atoms. The van der Waals surface area contributed by atoms with E-state index in [9.17, 15) is 5.26 Å². The Morgan fingerprint density at radius 1 is 1.21 bits per heavy atom. The minimum absolute atomic E-state index is 0.175. The summed E-state index contributed by atoms with van der Waals surface area (Å²) in [5.41, 5.74) is -0.175. The predicted octanol–water partition coefficient (Wildman–Crippen LogP) is 2.99. The van der Waals surface area contributed by atoms with Gasteiger partial charge in [-0.15, -0.1) is 0 Å². The summed E-state index contributed by atoms with van der Waals surface area (Å²) in [7, 11) is 0. The van der Waals surface area contributed by atoms with Gasteiger partial charge < -0.3 is 0 Å². The lowest BCUT2D eigenvalue weighted by Crippen LogP contribution is -2.45. The van der Waals surface area contributed by atoms with Crippen molar-refractivity contribution in [3.8, 4) is 6.07 Å². The van der Waals surface area contributed by atoms with Gasteiger partial charge in [-0.1, -0.05) is 39.0 Å². The average molecular weight is 194 g/mol. The van der Waals surface area contributed by atoms with Gasteiger partial charge in [0.05, 0.1) is 6.07 Å². The Morgan fingerprint density at radius 3 is 2.50 bits per heavy atom. The highest BCUT2D eigenvalue weighted by molar-refractivity contribution is 5.08. The summed E-state index contributed by atoms with van der Waals surface area (Å²) in [5, 5.41) is 12.6. The van der Waals surface area contributed by atoms with Gasteiger partial charge in [-0.05, 0) is 25.8 Å². The molecule has 1 aliphatic carbocycles. The van der Waals surface area contributed by atoms with Crippen molar-refractivity contribution in [3.05, 3.63) is 0 Å². The van der Waals surface area contributed by atoms with Gasteiger partial charge in [0, 0.05) is 0 Å². The molecule has 2 nitrogen and oxygen atoms in total. The van der Waals surface area contributed by atoms with Crippen LogP contribution in [0.5, 0.6) is 0 Å². The summed E-state index contributed by atoms with van der Waals surface area (Å²) in [6.07, 6.45) is 9.57. The van der Waals surface area contributed by atoms with Crippen molar-refractivity contribution in [3.63, 3.8) is 0 Å². The van der Waals surface area contributed by atoms with Crippen LogP contribution in [-0.2, 0) is 0 Å². The Morgan fingerprint density at radius 2 is 1.93 bits per heavy atom.